The molecule has 1 amide bonds. The van der Waals surface area contributed by atoms with Gasteiger partial charge < -0.3 is 15.8 Å². The average molecular weight is 248 g/mol. The maximum Gasteiger partial charge on any atom is 0.226 e. The van der Waals surface area contributed by atoms with Gasteiger partial charge in [0.2, 0.25) is 5.91 Å². The molecule has 18 heavy (non-hydrogen) atoms. The van der Waals surface area contributed by atoms with E-state index in [1.165, 1.54) is 0 Å². The molecule has 1 aliphatic rings. The Balaban J connectivity index is 1.87. The van der Waals surface area contributed by atoms with Crippen LogP contribution in [0.15, 0.2) is 24.3 Å². The summed E-state index contributed by atoms with van der Waals surface area (Å²) in [5.41, 5.74) is 6.75. The molecule has 1 aromatic rings. The number of benzene rings is 1. The van der Waals surface area contributed by atoms with Gasteiger partial charge >= 0.3 is 0 Å². The van der Waals surface area contributed by atoms with Gasteiger partial charge in [0.1, 0.15) is 12.4 Å². The van der Waals surface area contributed by atoms with Crippen LogP contribution in [0.4, 0.5) is 0 Å². The van der Waals surface area contributed by atoms with Crippen LogP contribution in [0.25, 0.3) is 0 Å². The number of amides is 1. The summed E-state index contributed by atoms with van der Waals surface area (Å²) in [5, 5.41) is 2.92. The Labute approximate surface area is 108 Å². The Kier molecular flexibility index (Phi) is 4.20. The summed E-state index contributed by atoms with van der Waals surface area (Å²) < 4.78 is 5.60. The Hall–Kier alpha value is -1.55. The van der Waals surface area contributed by atoms with Gasteiger partial charge in [0, 0.05) is 12.6 Å². The van der Waals surface area contributed by atoms with Crippen LogP contribution >= 0.6 is 0 Å². The van der Waals surface area contributed by atoms with Gasteiger partial charge in [-0.15, -0.1) is 0 Å². The van der Waals surface area contributed by atoms with Crippen LogP contribution in [-0.2, 0) is 11.2 Å². The zero-order chi connectivity index (χ0) is 13.0. The van der Waals surface area contributed by atoms with E-state index in [2.05, 4.69) is 5.32 Å². The van der Waals surface area contributed by atoms with Gasteiger partial charge in [-0.3, -0.25) is 4.79 Å². The van der Waals surface area contributed by atoms with Crippen molar-refractivity contribution in [2.75, 3.05) is 13.2 Å². The van der Waals surface area contributed by atoms with Crippen LogP contribution in [0.5, 0.6) is 5.75 Å². The molecule has 2 rings (SSSR count). The fourth-order valence-electron chi connectivity index (χ4n) is 2.06. The number of hydrogen-bond donors (Lipinski definition) is 2. The SMILES string of the molecule is CC(N)CCNC(=O)C1COc2ccccc2C1. The maximum absolute atomic E-state index is 12.0. The molecule has 98 valence electrons. The minimum atomic E-state index is -0.0898. The molecule has 1 aromatic carbocycles. The first kappa shape index (κ1) is 12.9. The molecule has 1 heterocycles. The molecule has 4 nitrogen and oxygen atoms in total. The summed E-state index contributed by atoms with van der Waals surface area (Å²) in [5.74, 6) is 0.871. The Morgan fingerprint density at radius 3 is 3.11 bits per heavy atom. The average Bonchev–Trinajstić information content (AvgIpc) is 2.37. The molecule has 2 unspecified atom stereocenters. The van der Waals surface area contributed by atoms with E-state index in [-0.39, 0.29) is 17.9 Å². The Bertz CT molecular complexity index is 418. The summed E-state index contributed by atoms with van der Waals surface area (Å²) in [6.07, 6.45) is 1.55. The highest BCUT2D eigenvalue weighted by Crippen LogP contribution is 2.26. The first-order valence-electron chi connectivity index (χ1n) is 6.41. The monoisotopic (exact) mass is 248 g/mol. The molecule has 0 fully saturated rings. The third-order valence-corrected chi connectivity index (χ3v) is 3.15. The van der Waals surface area contributed by atoms with Crippen molar-refractivity contribution in [3.8, 4) is 5.75 Å². The molecule has 2 atom stereocenters. The highest BCUT2D eigenvalue weighted by molar-refractivity contribution is 5.79. The number of carbonyl (C=O) groups is 1. The van der Waals surface area contributed by atoms with E-state index >= 15 is 0 Å². The second-order valence-electron chi connectivity index (χ2n) is 4.88. The molecule has 0 aliphatic carbocycles. The molecular weight excluding hydrogens is 228 g/mol. The second kappa shape index (κ2) is 5.87. The molecule has 0 spiro atoms. The standard InChI is InChI=1S/C14H20N2O2/c1-10(15)6-7-16-14(17)12-8-11-4-2-3-5-13(11)18-9-12/h2-5,10,12H,6-9,15H2,1H3,(H,16,17). The van der Waals surface area contributed by atoms with Gasteiger partial charge in [0.25, 0.3) is 0 Å². The quantitative estimate of drug-likeness (QED) is 0.838. The van der Waals surface area contributed by atoms with Crippen LogP contribution in [0.3, 0.4) is 0 Å². The smallest absolute Gasteiger partial charge is 0.226 e. The zero-order valence-corrected chi connectivity index (χ0v) is 10.7. The summed E-state index contributed by atoms with van der Waals surface area (Å²) >= 11 is 0. The van der Waals surface area contributed by atoms with Crippen molar-refractivity contribution >= 4 is 5.91 Å². The predicted octanol–water partition coefficient (Wildman–Crippen LogP) is 1.09. The van der Waals surface area contributed by atoms with E-state index in [4.69, 9.17) is 10.5 Å². The third kappa shape index (κ3) is 3.23. The second-order valence-corrected chi connectivity index (χ2v) is 4.88. The minimum Gasteiger partial charge on any atom is -0.492 e. The number of nitrogens with one attached hydrogen (secondary N) is 1. The highest BCUT2D eigenvalue weighted by atomic mass is 16.5. The fourth-order valence-corrected chi connectivity index (χ4v) is 2.06. The van der Waals surface area contributed by atoms with Gasteiger partial charge in [-0.1, -0.05) is 18.2 Å². The van der Waals surface area contributed by atoms with E-state index in [1.54, 1.807) is 0 Å². The molecule has 0 saturated carbocycles. The van der Waals surface area contributed by atoms with Crippen LogP contribution in [0, 0.1) is 5.92 Å². The van der Waals surface area contributed by atoms with Crippen molar-refractivity contribution in [1.82, 2.24) is 5.32 Å². The van der Waals surface area contributed by atoms with E-state index in [1.807, 2.05) is 31.2 Å². The topological polar surface area (TPSA) is 64.3 Å². The molecule has 1 aliphatic heterocycles. The highest BCUT2D eigenvalue weighted by Gasteiger charge is 2.25. The lowest BCUT2D eigenvalue weighted by atomic mass is 9.96. The van der Waals surface area contributed by atoms with Gasteiger partial charge in [0.15, 0.2) is 0 Å². The van der Waals surface area contributed by atoms with Crippen LogP contribution in [0.2, 0.25) is 0 Å². The lowest BCUT2D eigenvalue weighted by molar-refractivity contribution is -0.126. The normalized spacial score (nSPS) is 19.6. The first-order valence-corrected chi connectivity index (χ1v) is 6.41. The zero-order valence-electron chi connectivity index (χ0n) is 10.7. The number of hydrogen-bond acceptors (Lipinski definition) is 3. The van der Waals surface area contributed by atoms with Gasteiger partial charge in [0.05, 0.1) is 5.92 Å². The Morgan fingerprint density at radius 2 is 2.33 bits per heavy atom. The van der Waals surface area contributed by atoms with Crippen LogP contribution in [-0.4, -0.2) is 25.1 Å². The van der Waals surface area contributed by atoms with E-state index in [0.717, 1.165) is 24.2 Å². The Morgan fingerprint density at radius 1 is 1.56 bits per heavy atom. The maximum atomic E-state index is 12.0. The molecule has 0 saturated heterocycles. The van der Waals surface area contributed by atoms with Crippen molar-refractivity contribution in [2.24, 2.45) is 11.7 Å². The van der Waals surface area contributed by atoms with Crippen LogP contribution in [0.1, 0.15) is 18.9 Å². The van der Waals surface area contributed by atoms with E-state index < -0.39 is 0 Å². The molecule has 0 radical (unpaired) electrons. The first-order chi connectivity index (χ1) is 8.66. The van der Waals surface area contributed by atoms with Crippen molar-refractivity contribution in [3.05, 3.63) is 29.8 Å². The number of nitrogens with two attached hydrogens (primary N) is 1. The van der Waals surface area contributed by atoms with E-state index in [9.17, 15) is 4.79 Å². The van der Waals surface area contributed by atoms with E-state index in [0.29, 0.717) is 13.2 Å². The van der Waals surface area contributed by atoms with Gasteiger partial charge in [-0.2, -0.15) is 0 Å². The minimum absolute atomic E-state index is 0.0603. The number of para-hydroxylation sites is 1. The van der Waals surface area contributed by atoms with Gasteiger partial charge in [-0.05, 0) is 31.4 Å². The lowest BCUT2D eigenvalue weighted by Gasteiger charge is -2.24. The van der Waals surface area contributed by atoms with Gasteiger partial charge in [-0.25, -0.2) is 0 Å². The van der Waals surface area contributed by atoms with Crippen LogP contribution < -0.4 is 15.8 Å². The predicted molar refractivity (Wildman–Crippen MR) is 70.4 cm³/mol. The summed E-state index contributed by atoms with van der Waals surface area (Å²) in [6, 6.07) is 7.99. The van der Waals surface area contributed by atoms with Crippen molar-refractivity contribution in [1.29, 1.82) is 0 Å². The number of carbonyl (C=O) groups excluding carboxylic acids is 1. The van der Waals surface area contributed by atoms with Crippen molar-refractivity contribution in [2.45, 2.75) is 25.8 Å². The number of ether oxygens (including phenoxy) is 1. The summed E-state index contributed by atoms with van der Waals surface area (Å²) in [4.78, 5) is 12.0. The third-order valence-electron chi connectivity index (χ3n) is 3.15. The number of rotatable bonds is 4. The molecular formula is C14H20N2O2. The molecule has 3 N–H and O–H groups in total. The molecule has 0 aromatic heterocycles. The van der Waals surface area contributed by atoms with Crippen molar-refractivity contribution in [3.63, 3.8) is 0 Å². The summed E-state index contributed by atoms with van der Waals surface area (Å²) in [7, 11) is 0. The number of fused-ring (bicyclic) bond motifs is 1. The fraction of sp³-hybridized carbons (Fsp3) is 0.500. The van der Waals surface area contributed by atoms with Crippen molar-refractivity contribution < 1.29 is 9.53 Å². The largest absolute Gasteiger partial charge is 0.492 e. The summed E-state index contributed by atoms with van der Waals surface area (Å²) in [6.45, 7) is 3.03. The molecule has 4 heteroatoms. The lowest BCUT2D eigenvalue weighted by Crippen LogP contribution is -2.38. The molecule has 0 bridgehead atoms.